The summed E-state index contributed by atoms with van der Waals surface area (Å²) in [7, 11) is 0. The standard InChI is InChI=1S/C25H17FN4O3.C18H13ClN4O/c26-19-12-15(8-11-18(19)25(31)32)20-13-21-22(24(27)30-29-21)23(28-20)14-6-9-17(10-7-14)33-16-4-2-1-3-5-16;19-17-10-16(23-21)15(11-20)18(22-17)12-6-8-14(9-7-12)24-13-4-2-1-3-5-13/h1-13H,(H,31,32)(H3,27,29,30);1-10H,21H2,(H,22,23). The van der Waals surface area contributed by atoms with Gasteiger partial charge in [0.25, 0.3) is 0 Å². The van der Waals surface area contributed by atoms with Gasteiger partial charge < -0.3 is 25.7 Å². The van der Waals surface area contributed by atoms with E-state index in [4.69, 9.17) is 42.7 Å². The minimum Gasteiger partial charge on any atom is -0.478 e. The van der Waals surface area contributed by atoms with Crippen LogP contribution in [0.3, 0.4) is 0 Å². The Morgan fingerprint density at radius 2 is 1.30 bits per heavy atom. The van der Waals surface area contributed by atoms with Crippen LogP contribution >= 0.6 is 11.6 Å². The third kappa shape index (κ3) is 8.48. The van der Waals surface area contributed by atoms with Crippen LogP contribution in [0.1, 0.15) is 15.9 Å². The van der Waals surface area contributed by atoms with Crippen molar-refractivity contribution in [2.75, 3.05) is 11.2 Å². The molecular formula is C43H30ClFN8O4. The Bertz CT molecular complexity index is 2740. The van der Waals surface area contributed by atoms with E-state index in [1.54, 1.807) is 6.07 Å². The predicted molar refractivity (Wildman–Crippen MR) is 216 cm³/mol. The van der Waals surface area contributed by atoms with Crippen molar-refractivity contribution in [1.29, 1.82) is 5.26 Å². The smallest absolute Gasteiger partial charge is 0.338 e. The molecule has 0 saturated heterocycles. The van der Waals surface area contributed by atoms with E-state index in [1.165, 1.54) is 18.2 Å². The number of aromatic nitrogens is 4. The molecule has 0 amide bonds. The number of halogens is 2. The molecule has 0 saturated carbocycles. The molecule has 0 radical (unpaired) electrons. The normalized spacial score (nSPS) is 10.6. The number of ether oxygens (including phenoxy) is 2. The van der Waals surface area contributed by atoms with E-state index in [9.17, 15) is 14.4 Å². The molecule has 3 heterocycles. The molecular weight excluding hydrogens is 747 g/mol. The quantitative estimate of drug-likeness (QED) is 0.0531. The highest BCUT2D eigenvalue weighted by Gasteiger charge is 2.18. The van der Waals surface area contributed by atoms with Gasteiger partial charge in [-0.3, -0.25) is 10.9 Å². The third-order valence-corrected chi connectivity index (χ3v) is 8.73. The molecule has 0 aliphatic heterocycles. The van der Waals surface area contributed by atoms with E-state index in [2.05, 4.69) is 26.7 Å². The number of anilines is 2. The maximum Gasteiger partial charge on any atom is 0.338 e. The zero-order valence-corrected chi connectivity index (χ0v) is 30.4. The molecule has 5 aromatic carbocycles. The molecule has 0 unspecified atom stereocenters. The van der Waals surface area contributed by atoms with Gasteiger partial charge in [0, 0.05) is 22.8 Å². The molecule has 280 valence electrons. The number of nitrogens with two attached hydrogens (primary N) is 2. The Balaban J connectivity index is 0.000000183. The molecule has 3 aromatic heterocycles. The Morgan fingerprint density at radius 1 is 0.754 bits per heavy atom. The largest absolute Gasteiger partial charge is 0.478 e. The average Bonchev–Trinajstić information content (AvgIpc) is 3.61. The van der Waals surface area contributed by atoms with Crippen LogP contribution < -0.4 is 26.5 Å². The van der Waals surface area contributed by atoms with Gasteiger partial charge in [0.1, 0.15) is 45.6 Å². The summed E-state index contributed by atoms with van der Waals surface area (Å²) in [6.45, 7) is 0. The molecule has 0 atom stereocenters. The molecule has 0 spiro atoms. The van der Waals surface area contributed by atoms with Crippen LogP contribution in [0.15, 0.2) is 140 Å². The number of pyridine rings is 2. The van der Waals surface area contributed by atoms with Crippen LogP contribution in [0.2, 0.25) is 5.15 Å². The highest BCUT2D eigenvalue weighted by Crippen LogP contribution is 2.35. The summed E-state index contributed by atoms with van der Waals surface area (Å²) in [5.74, 6) is 6.37. The lowest BCUT2D eigenvalue weighted by atomic mass is 10.0. The molecule has 0 fully saturated rings. The minimum absolute atomic E-state index is 0.251. The SMILES string of the molecule is N#Cc1c(NN)cc(Cl)nc1-c1ccc(Oc2ccccc2)cc1.Nc1n[nH]c2cc(-c3ccc(C(=O)O)c(F)c3)nc(-c3ccc(Oc4ccccc4)cc3)c12. The molecule has 8 rings (SSSR count). The molecule has 0 aliphatic carbocycles. The molecule has 0 aliphatic rings. The monoisotopic (exact) mass is 776 g/mol. The number of nitrogen functional groups attached to an aromatic ring is 2. The minimum atomic E-state index is -1.33. The zero-order valence-electron chi connectivity index (χ0n) is 29.7. The summed E-state index contributed by atoms with van der Waals surface area (Å²) in [6, 6.07) is 42.7. The highest BCUT2D eigenvalue weighted by molar-refractivity contribution is 6.30. The number of fused-ring (bicyclic) bond motifs is 1. The Labute approximate surface area is 329 Å². The second kappa shape index (κ2) is 16.7. The van der Waals surface area contributed by atoms with Gasteiger partial charge in [0.15, 0.2) is 5.82 Å². The van der Waals surface area contributed by atoms with Gasteiger partial charge in [0.05, 0.1) is 39.2 Å². The van der Waals surface area contributed by atoms with Crippen LogP contribution in [-0.4, -0.2) is 31.2 Å². The molecule has 7 N–H and O–H groups in total. The number of carboxylic acid groups (broad SMARTS) is 1. The number of rotatable bonds is 9. The van der Waals surface area contributed by atoms with Gasteiger partial charge in [-0.1, -0.05) is 54.1 Å². The fourth-order valence-electron chi connectivity index (χ4n) is 5.83. The van der Waals surface area contributed by atoms with Gasteiger partial charge in [0.2, 0.25) is 0 Å². The number of hydrogen-bond donors (Lipinski definition) is 5. The Hall–Kier alpha value is -7.79. The number of carbonyl (C=O) groups is 1. The van der Waals surface area contributed by atoms with E-state index in [-0.39, 0.29) is 11.0 Å². The lowest BCUT2D eigenvalue weighted by Gasteiger charge is -2.10. The number of nitrogens with one attached hydrogen (secondary N) is 2. The second-order valence-corrected chi connectivity index (χ2v) is 12.6. The fraction of sp³-hybridized carbons (Fsp3) is 0. The number of para-hydroxylation sites is 2. The summed E-state index contributed by atoms with van der Waals surface area (Å²) >= 11 is 6.01. The van der Waals surface area contributed by atoms with Gasteiger partial charge in [-0.05, 0) is 91.0 Å². The lowest BCUT2D eigenvalue weighted by molar-refractivity contribution is 0.0692. The van der Waals surface area contributed by atoms with Crippen molar-refractivity contribution in [2.45, 2.75) is 0 Å². The van der Waals surface area contributed by atoms with Crippen molar-refractivity contribution >= 4 is 40.0 Å². The van der Waals surface area contributed by atoms with Gasteiger partial charge in [-0.15, -0.1) is 0 Å². The van der Waals surface area contributed by atoms with Crippen molar-refractivity contribution < 1.29 is 23.8 Å². The molecule has 57 heavy (non-hydrogen) atoms. The number of aromatic carboxylic acids is 1. The Morgan fingerprint density at radius 3 is 1.82 bits per heavy atom. The first-order chi connectivity index (χ1) is 27.7. The third-order valence-electron chi connectivity index (χ3n) is 8.54. The number of H-pyrrole nitrogens is 1. The van der Waals surface area contributed by atoms with Crippen LogP contribution in [-0.2, 0) is 0 Å². The number of benzene rings is 5. The van der Waals surface area contributed by atoms with Crippen LogP contribution in [0, 0.1) is 17.1 Å². The van der Waals surface area contributed by atoms with Crippen molar-refractivity contribution in [2.24, 2.45) is 5.84 Å². The molecule has 14 heteroatoms. The maximum absolute atomic E-state index is 14.3. The average molecular weight is 777 g/mol. The van der Waals surface area contributed by atoms with Crippen molar-refractivity contribution in [3.05, 3.63) is 162 Å². The molecule has 8 aromatic rings. The van der Waals surface area contributed by atoms with E-state index in [1.807, 2.05) is 109 Å². The van der Waals surface area contributed by atoms with Crippen molar-refractivity contribution in [3.8, 4) is 62.8 Å². The van der Waals surface area contributed by atoms with Gasteiger partial charge in [-0.25, -0.2) is 19.2 Å². The summed E-state index contributed by atoms with van der Waals surface area (Å²) in [6.07, 6.45) is 0. The maximum atomic E-state index is 14.3. The number of hydrazine groups is 1. The summed E-state index contributed by atoms with van der Waals surface area (Å²) in [5, 5.41) is 26.3. The predicted octanol–water partition coefficient (Wildman–Crippen LogP) is 9.86. The summed E-state index contributed by atoms with van der Waals surface area (Å²) in [5.41, 5.74) is 12.9. The second-order valence-electron chi connectivity index (χ2n) is 12.2. The summed E-state index contributed by atoms with van der Waals surface area (Å²) < 4.78 is 25.9. The number of nitrogens with zero attached hydrogens (tertiary/aromatic N) is 4. The van der Waals surface area contributed by atoms with Crippen LogP contribution in [0.25, 0.3) is 44.7 Å². The summed E-state index contributed by atoms with van der Waals surface area (Å²) in [4.78, 5) is 20.1. The van der Waals surface area contributed by atoms with E-state index >= 15 is 0 Å². The van der Waals surface area contributed by atoms with E-state index in [0.717, 1.165) is 28.7 Å². The highest BCUT2D eigenvalue weighted by atomic mass is 35.5. The lowest BCUT2D eigenvalue weighted by Crippen LogP contribution is -2.09. The van der Waals surface area contributed by atoms with Crippen LogP contribution in [0.5, 0.6) is 23.0 Å². The van der Waals surface area contributed by atoms with Crippen molar-refractivity contribution in [1.82, 2.24) is 20.2 Å². The molecule has 12 nitrogen and oxygen atoms in total. The van der Waals surface area contributed by atoms with Crippen molar-refractivity contribution in [3.63, 3.8) is 0 Å². The number of carboxylic acids is 1. The number of nitriles is 1. The Kier molecular flexibility index (Phi) is 11.0. The van der Waals surface area contributed by atoms with Gasteiger partial charge >= 0.3 is 5.97 Å². The number of hydrogen-bond acceptors (Lipinski definition) is 10. The fourth-order valence-corrected chi connectivity index (χ4v) is 6.03. The zero-order chi connectivity index (χ0) is 39.9. The first-order valence-electron chi connectivity index (χ1n) is 17.1. The first-order valence-corrected chi connectivity index (χ1v) is 17.5. The van der Waals surface area contributed by atoms with Crippen LogP contribution in [0.4, 0.5) is 15.9 Å². The molecule has 0 bridgehead atoms. The van der Waals surface area contributed by atoms with E-state index < -0.39 is 17.3 Å². The topological polar surface area (TPSA) is 198 Å². The van der Waals surface area contributed by atoms with E-state index in [0.29, 0.717) is 56.3 Å². The van der Waals surface area contributed by atoms with Gasteiger partial charge in [-0.2, -0.15) is 10.4 Å². The number of aromatic amines is 1. The first kappa shape index (κ1) is 37.5.